The maximum absolute atomic E-state index is 5.24. The van der Waals surface area contributed by atoms with Crippen LogP contribution in [0.4, 0.5) is 0 Å². The lowest BCUT2D eigenvalue weighted by Crippen LogP contribution is -1.91. The summed E-state index contributed by atoms with van der Waals surface area (Å²) in [6, 6.07) is 8.12. The molecule has 0 amide bonds. The zero-order valence-corrected chi connectivity index (χ0v) is 13.1. The third-order valence-electron chi connectivity index (χ3n) is 3.97. The topological polar surface area (TPSA) is 80.5 Å². The summed E-state index contributed by atoms with van der Waals surface area (Å²) in [6.07, 6.45) is 1.71. The van der Waals surface area contributed by atoms with Crippen molar-refractivity contribution in [2.75, 3.05) is 0 Å². The maximum atomic E-state index is 5.24. The minimum absolute atomic E-state index is 0.596. The lowest BCUT2D eigenvalue weighted by molar-refractivity contribution is 0.393. The molecule has 114 valence electrons. The predicted molar refractivity (Wildman–Crippen MR) is 86.8 cm³/mol. The minimum atomic E-state index is 0.596. The van der Waals surface area contributed by atoms with Crippen molar-refractivity contribution in [2.45, 2.75) is 20.8 Å². The Hall–Kier alpha value is -3.02. The number of hydrogen-bond acceptors (Lipinski definition) is 5. The molecule has 0 spiro atoms. The quantitative estimate of drug-likeness (QED) is 0.612. The van der Waals surface area contributed by atoms with Gasteiger partial charge < -0.3 is 4.52 Å². The summed E-state index contributed by atoms with van der Waals surface area (Å²) in [6.45, 7) is 5.84. The van der Waals surface area contributed by atoms with Crippen LogP contribution in [0.5, 0.6) is 0 Å². The third-order valence-corrected chi connectivity index (χ3v) is 3.97. The van der Waals surface area contributed by atoms with Gasteiger partial charge in [0.2, 0.25) is 0 Å². The van der Waals surface area contributed by atoms with Crippen molar-refractivity contribution in [3.63, 3.8) is 0 Å². The largest absolute Gasteiger partial charge is 0.361 e. The zero-order valence-electron chi connectivity index (χ0n) is 13.1. The predicted octanol–water partition coefficient (Wildman–Crippen LogP) is 3.60. The zero-order chi connectivity index (χ0) is 16.0. The van der Waals surface area contributed by atoms with Crippen molar-refractivity contribution in [3.8, 4) is 22.5 Å². The van der Waals surface area contributed by atoms with E-state index in [1.165, 1.54) is 0 Å². The number of nitrogens with zero attached hydrogens (tertiary/aromatic N) is 4. The highest BCUT2D eigenvalue weighted by molar-refractivity contribution is 5.89. The normalized spacial score (nSPS) is 11.3. The van der Waals surface area contributed by atoms with Crippen LogP contribution >= 0.6 is 0 Å². The minimum Gasteiger partial charge on any atom is -0.361 e. The Bertz CT molecular complexity index is 995. The Balaban J connectivity index is 1.96. The first kappa shape index (κ1) is 13.6. The van der Waals surface area contributed by atoms with Crippen molar-refractivity contribution >= 4 is 11.2 Å². The van der Waals surface area contributed by atoms with Gasteiger partial charge in [-0.15, -0.1) is 0 Å². The Kier molecular flexibility index (Phi) is 2.97. The van der Waals surface area contributed by atoms with Gasteiger partial charge in [0, 0.05) is 5.56 Å². The average Bonchev–Trinajstić information content (AvgIpc) is 3.11. The SMILES string of the molecule is Cc1ccccc1-c1[nH]nc2ncc(-c3c(C)noc3C)nc12. The molecule has 4 rings (SSSR count). The van der Waals surface area contributed by atoms with Crippen molar-refractivity contribution in [1.82, 2.24) is 25.3 Å². The summed E-state index contributed by atoms with van der Waals surface area (Å²) in [5.41, 5.74) is 6.87. The summed E-state index contributed by atoms with van der Waals surface area (Å²) in [7, 11) is 0. The van der Waals surface area contributed by atoms with Crippen LogP contribution in [0.3, 0.4) is 0 Å². The van der Waals surface area contributed by atoms with Crippen molar-refractivity contribution in [1.29, 1.82) is 0 Å². The second kappa shape index (κ2) is 5.01. The molecule has 0 unspecified atom stereocenters. The van der Waals surface area contributed by atoms with E-state index in [1.54, 1.807) is 6.20 Å². The van der Waals surface area contributed by atoms with Crippen LogP contribution in [0.1, 0.15) is 17.0 Å². The maximum Gasteiger partial charge on any atom is 0.200 e. The van der Waals surface area contributed by atoms with Gasteiger partial charge in [-0.05, 0) is 26.3 Å². The molecule has 6 nitrogen and oxygen atoms in total. The van der Waals surface area contributed by atoms with Crippen LogP contribution in [0, 0.1) is 20.8 Å². The summed E-state index contributed by atoms with van der Waals surface area (Å²) in [5, 5.41) is 11.3. The van der Waals surface area contributed by atoms with Crippen LogP contribution in [-0.4, -0.2) is 25.3 Å². The molecule has 0 aliphatic carbocycles. The molecule has 3 heterocycles. The monoisotopic (exact) mass is 305 g/mol. The summed E-state index contributed by atoms with van der Waals surface area (Å²) >= 11 is 0. The van der Waals surface area contributed by atoms with Crippen molar-refractivity contribution in [2.24, 2.45) is 0 Å². The Labute approximate surface area is 132 Å². The summed E-state index contributed by atoms with van der Waals surface area (Å²) in [5.74, 6) is 0.733. The molecule has 0 atom stereocenters. The Morgan fingerprint density at radius 1 is 1.09 bits per heavy atom. The van der Waals surface area contributed by atoms with Gasteiger partial charge in [-0.1, -0.05) is 29.4 Å². The van der Waals surface area contributed by atoms with E-state index in [2.05, 4.69) is 33.3 Å². The molecule has 1 N–H and O–H groups in total. The number of H-pyrrole nitrogens is 1. The summed E-state index contributed by atoms with van der Waals surface area (Å²) < 4.78 is 5.24. The molecule has 1 aromatic carbocycles. The van der Waals surface area contributed by atoms with Gasteiger partial charge in [-0.25, -0.2) is 9.97 Å². The van der Waals surface area contributed by atoms with E-state index >= 15 is 0 Å². The molecule has 0 bridgehead atoms. The van der Waals surface area contributed by atoms with Crippen LogP contribution in [-0.2, 0) is 0 Å². The van der Waals surface area contributed by atoms with Gasteiger partial charge in [0.25, 0.3) is 0 Å². The van der Waals surface area contributed by atoms with E-state index in [0.717, 1.165) is 45.0 Å². The molecule has 0 saturated heterocycles. The van der Waals surface area contributed by atoms with Gasteiger partial charge >= 0.3 is 0 Å². The van der Waals surface area contributed by atoms with Crippen LogP contribution in [0.15, 0.2) is 35.0 Å². The lowest BCUT2D eigenvalue weighted by Gasteiger charge is -2.04. The highest BCUT2D eigenvalue weighted by Crippen LogP contribution is 2.30. The van der Waals surface area contributed by atoms with E-state index in [4.69, 9.17) is 9.51 Å². The molecule has 4 aromatic rings. The van der Waals surface area contributed by atoms with Gasteiger partial charge in [-0.2, -0.15) is 5.10 Å². The molecule has 0 saturated carbocycles. The van der Waals surface area contributed by atoms with E-state index < -0.39 is 0 Å². The first-order valence-corrected chi connectivity index (χ1v) is 7.35. The lowest BCUT2D eigenvalue weighted by atomic mass is 10.1. The fourth-order valence-electron chi connectivity index (χ4n) is 2.80. The van der Waals surface area contributed by atoms with Crippen LogP contribution in [0.25, 0.3) is 33.7 Å². The molecule has 0 aliphatic heterocycles. The molecular formula is C17H15N5O. The first-order chi connectivity index (χ1) is 11.1. The molecule has 0 radical (unpaired) electrons. The number of hydrogen-bond donors (Lipinski definition) is 1. The van der Waals surface area contributed by atoms with Gasteiger partial charge in [0.15, 0.2) is 5.65 Å². The first-order valence-electron chi connectivity index (χ1n) is 7.35. The Morgan fingerprint density at radius 3 is 2.65 bits per heavy atom. The molecule has 0 aliphatic rings. The second-order valence-electron chi connectivity index (χ2n) is 5.54. The fourth-order valence-corrected chi connectivity index (χ4v) is 2.80. The van der Waals surface area contributed by atoms with Crippen molar-refractivity contribution < 1.29 is 4.52 Å². The smallest absolute Gasteiger partial charge is 0.200 e. The number of aryl methyl sites for hydroxylation is 3. The second-order valence-corrected chi connectivity index (χ2v) is 5.54. The number of aromatic nitrogens is 5. The van der Waals surface area contributed by atoms with E-state index in [0.29, 0.717) is 5.65 Å². The summed E-state index contributed by atoms with van der Waals surface area (Å²) in [4.78, 5) is 9.18. The molecule has 6 heteroatoms. The Morgan fingerprint density at radius 2 is 1.91 bits per heavy atom. The average molecular weight is 305 g/mol. The highest BCUT2D eigenvalue weighted by atomic mass is 16.5. The van der Waals surface area contributed by atoms with Crippen LogP contribution in [0.2, 0.25) is 0 Å². The number of fused-ring (bicyclic) bond motifs is 1. The number of nitrogens with one attached hydrogen (secondary N) is 1. The molecule has 0 fully saturated rings. The van der Waals surface area contributed by atoms with Gasteiger partial charge in [0.1, 0.15) is 11.3 Å². The molecular weight excluding hydrogens is 290 g/mol. The number of benzene rings is 1. The van der Waals surface area contributed by atoms with Gasteiger partial charge in [0.05, 0.1) is 28.8 Å². The third kappa shape index (κ3) is 2.11. The molecule has 3 aromatic heterocycles. The molecule has 23 heavy (non-hydrogen) atoms. The van der Waals surface area contributed by atoms with E-state index in [9.17, 15) is 0 Å². The van der Waals surface area contributed by atoms with Gasteiger partial charge in [-0.3, -0.25) is 5.10 Å². The standard InChI is InChI=1S/C17H15N5O/c1-9-6-4-5-7-12(9)15-16-17(21-20-15)18-8-13(19-16)14-10(2)22-23-11(14)3/h4-8H,1-3H3,(H,18,20,21). The number of rotatable bonds is 2. The van der Waals surface area contributed by atoms with E-state index in [1.807, 2.05) is 32.0 Å². The fraction of sp³-hybridized carbons (Fsp3) is 0.176. The van der Waals surface area contributed by atoms with Crippen molar-refractivity contribution in [3.05, 3.63) is 47.5 Å². The van der Waals surface area contributed by atoms with E-state index in [-0.39, 0.29) is 0 Å². The van der Waals surface area contributed by atoms with Crippen LogP contribution < -0.4 is 0 Å². The highest BCUT2D eigenvalue weighted by Gasteiger charge is 2.17. The number of aromatic amines is 1.